The van der Waals surface area contributed by atoms with Crippen molar-refractivity contribution in [3.63, 3.8) is 0 Å². The summed E-state index contributed by atoms with van der Waals surface area (Å²) in [4.78, 5) is 0. The Balaban J connectivity index is 2.40. The van der Waals surface area contributed by atoms with Crippen LogP contribution >= 0.6 is 24.0 Å². The van der Waals surface area contributed by atoms with Gasteiger partial charge < -0.3 is 5.11 Å². The number of nitrogens with zero attached hydrogens (tertiary/aromatic N) is 2. The first-order chi connectivity index (χ1) is 6.79. The number of thioether (sulfide) groups is 1. The second-order valence-electron chi connectivity index (χ2n) is 2.74. The highest BCUT2D eigenvalue weighted by molar-refractivity contribution is 8.12. The maximum absolute atomic E-state index is 9.31. The fourth-order valence-electron chi connectivity index (χ4n) is 1.24. The highest BCUT2D eigenvalue weighted by atomic mass is 32.2. The van der Waals surface area contributed by atoms with Crippen LogP contribution in [-0.4, -0.2) is 21.6 Å². The van der Waals surface area contributed by atoms with Crippen molar-refractivity contribution in [3.05, 3.63) is 29.8 Å². The smallest absolute Gasteiger partial charge is 0.190 e. The van der Waals surface area contributed by atoms with Crippen LogP contribution in [0, 0.1) is 0 Å². The lowest BCUT2D eigenvalue weighted by atomic mass is 10.2. The van der Waals surface area contributed by atoms with E-state index in [0.29, 0.717) is 5.56 Å². The summed E-state index contributed by atoms with van der Waals surface area (Å²) in [7, 11) is 0. The first-order valence-corrected chi connectivity index (χ1v) is 5.48. The summed E-state index contributed by atoms with van der Waals surface area (Å²) in [5.74, 6) is 0.764. The molecule has 1 aromatic rings. The molecule has 0 amide bonds. The zero-order valence-corrected chi connectivity index (χ0v) is 8.88. The van der Waals surface area contributed by atoms with Crippen molar-refractivity contribution in [2.24, 2.45) is 5.10 Å². The topological polar surface area (TPSA) is 35.8 Å². The van der Waals surface area contributed by atoms with E-state index in [1.807, 2.05) is 23.2 Å². The van der Waals surface area contributed by atoms with Gasteiger partial charge in [-0.15, -0.1) is 0 Å². The maximum atomic E-state index is 9.31. The van der Waals surface area contributed by atoms with Gasteiger partial charge in [-0.25, -0.2) is 0 Å². The van der Waals surface area contributed by atoms with E-state index in [9.17, 15) is 5.11 Å². The Kier molecular flexibility index (Phi) is 2.69. The zero-order valence-electron chi connectivity index (χ0n) is 7.25. The molecule has 0 spiro atoms. The van der Waals surface area contributed by atoms with Crippen molar-refractivity contribution in [3.8, 4) is 0 Å². The summed E-state index contributed by atoms with van der Waals surface area (Å²) in [6, 6.07) is 7.42. The molecule has 1 heterocycles. The molecule has 1 N–H and O–H groups in total. The molecule has 3 nitrogen and oxygen atoms in total. The van der Waals surface area contributed by atoms with Crippen LogP contribution in [0.3, 0.4) is 0 Å². The average molecular weight is 224 g/mol. The fraction of sp³-hybridized carbons (Fsp3) is 0.111. The van der Waals surface area contributed by atoms with Gasteiger partial charge in [0.25, 0.3) is 0 Å². The number of aliphatic hydroxyl groups is 1. The summed E-state index contributed by atoms with van der Waals surface area (Å²) in [6.07, 6.45) is 0. The monoisotopic (exact) mass is 224 g/mol. The van der Waals surface area contributed by atoms with Gasteiger partial charge in [0.2, 0.25) is 0 Å². The van der Waals surface area contributed by atoms with Gasteiger partial charge in [-0.2, -0.15) is 5.10 Å². The predicted molar refractivity (Wildman–Crippen MR) is 64.2 cm³/mol. The molecule has 5 heteroatoms. The van der Waals surface area contributed by atoms with E-state index in [0.717, 1.165) is 11.6 Å². The van der Waals surface area contributed by atoms with E-state index in [1.165, 1.54) is 0 Å². The van der Waals surface area contributed by atoms with Gasteiger partial charge in [-0.3, -0.25) is 5.01 Å². The van der Waals surface area contributed by atoms with Crippen LogP contribution in [0.4, 0.5) is 5.69 Å². The van der Waals surface area contributed by atoms with Gasteiger partial charge in [0.1, 0.15) is 0 Å². The van der Waals surface area contributed by atoms with Crippen molar-refractivity contribution in [1.29, 1.82) is 0 Å². The maximum Gasteiger partial charge on any atom is 0.190 e. The Bertz CT molecular complexity index is 392. The molecule has 0 aromatic heterocycles. The SMILES string of the molecule is OC(=S)c1ccccc1N1CSC=N1. The number of hydrazone groups is 1. The fourth-order valence-corrected chi connectivity index (χ4v) is 2.01. The van der Waals surface area contributed by atoms with E-state index < -0.39 is 0 Å². The predicted octanol–water partition coefficient (Wildman–Crippen LogP) is 2.37. The van der Waals surface area contributed by atoms with E-state index >= 15 is 0 Å². The lowest BCUT2D eigenvalue weighted by Crippen LogP contribution is -2.14. The van der Waals surface area contributed by atoms with Crippen LogP contribution < -0.4 is 5.01 Å². The summed E-state index contributed by atoms with van der Waals surface area (Å²) in [5, 5.41) is 15.2. The summed E-state index contributed by atoms with van der Waals surface area (Å²) < 4.78 is 0. The lowest BCUT2D eigenvalue weighted by molar-refractivity contribution is 0.571. The van der Waals surface area contributed by atoms with Crippen molar-refractivity contribution < 1.29 is 5.11 Å². The van der Waals surface area contributed by atoms with Crippen LogP contribution in [0.1, 0.15) is 5.56 Å². The number of para-hydroxylation sites is 1. The zero-order chi connectivity index (χ0) is 9.97. The van der Waals surface area contributed by atoms with Gasteiger partial charge in [-0.05, 0) is 24.4 Å². The average Bonchev–Trinajstić information content (AvgIpc) is 2.70. The van der Waals surface area contributed by atoms with Crippen molar-refractivity contribution in [1.82, 2.24) is 0 Å². The van der Waals surface area contributed by atoms with Crippen LogP contribution in [-0.2, 0) is 0 Å². The van der Waals surface area contributed by atoms with Crippen molar-refractivity contribution in [2.75, 3.05) is 10.9 Å². The summed E-state index contributed by atoms with van der Waals surface area (Å²) in [6.45, 7) is 0. The molecule has 0 saturated carbocycles. The Morgan fingerprint density at radius 2 is 2.29 bits per heavy atom. The van der Waals surface area contributed by atoms with Crippen LogP contribution in [0.5, 0.6) is 0 Å². The Morgan fingerprint density at radius 3 is 2.93 bits per heavy atom. The molecule has 0 bridgehead atoms. The molecular weight excluding hydrogens is 216 g/mol. The molecule has 2 rings (SSSR count). The molecule has 0 atom stereocenters. The molecule has 0 saturated heterocycles. The van der Waals surface area contributed by atoms with Gasteiger partial charge in [0, 0.05) is 0 Å². The number of rotatable bonds is 2. The molecule has 0 unspecified atom stereocenters. The molecule has 0 aliphatic carbocycles. The molecule has 1 aromatic carbocycles. The van der Waals surface area contributed by atoms with Crippen LogP contribution in [0.25, 0.3) is 0 Å². The van der Waals surface area contributed by atoms with Gasteiger partial charge in [-0.1, -0.05) is 23.9 Å². The summed E-state index contributed by atoms with van der Waals surface area (Å²) in [5.41, 5.74) is 3.28. The molecule has 14 heavy (non-hydrogen) atoms. The van der Waals surface area contributed by atoms with E-state index in [2.05, 4.69) is 5.10 Å². The normalized spacial score (nSPS) is 14.7. The largest absolute Gasteiger partial charge is 0.498 e. The minimum Gasteiger partial charge on any atom is -0.498 e. The van der Waals surface area contributed by atoms with Crippen molar-refractivity contribution in [2.45, 2.75) is 0 Å². The quantitative estimate of drug-likeness (QED) is 0.782. The molecule has 72 valence electrons. The number of hydrogen-bond acceptors (Lipinski definition) is 4. The van der Waals surface area contributed by atoms with Gasteiger partial charge in [0.15, 0.2) is 5.05 Å². The number of thiocarbonyl (C=S) groups is 1. The molecular formula is C9H8N2OS2. The van der Waals surface area contributed by atoms with E-state index in [1.54, 1.807) is 23.4 Å². The van der Waals surface area contributed by atoms with E-state index in [-0.39, 0.29) is 5.05 Å². The number of anilines is 1. The van der Waals surface area contributed by atoms with E-state index in [4.69, 9.17) is 12.2 Å². The first kappa shape index (κ1) is 9.48. The summed E-state index contributed by atoms with van der Waals surface area (Å²) >= 11 is 6.36. The van der Waals surface area contributed by atoms with Crippen LogP contribution in [0.2, 0.25) is 0 Å². The van der Waals surface area contributed by atoms with Gasteiger partial charge >= 0.3 is 0 Å². The second-order valence-corrected chi connectivity index (χ2v) is 3.93. The first-order valence-electron chi connectivity index (χ1n) is 4.03. The van der Waals surface area contributed by atoms with Crippen molar-refractivity contribution >= 4 is 40.3 Å². The third kappa shape index (κ3) is 1.73. The third-order valence-corrected chi connectivity index (χ3v) is 2.73. The van der Waals surface area contributed by atoms with Gasteiger partial charge in [0.05, 0.1) is 22.7 Å². The highest BCUT2D eigenvalue weighted by Gasteiger charge is 2.14. The Hall–Kier alpha value is -1.07. The molecule has 1 aliphatic rings. The number of benzene rings is 1. The third-order valence-electron chi connectivity index (χ3n) is 1.87. The standard InChI is InChI=1S/C9H8N2OS2/c12-9(13)7-3-1-2-4-8(7)11-6-14-5-10-11/h1-5H,6H2,(H,12,13). The Morgan fingerprint density at radius 1 is 1.50 bits per heavy atom. The molecule has 0 fully saturated rings. The second kappa shape index (κ2) is 3.98. The number of aliphatic hydroxyl groups excluding tert-OH is 1. The van der Waals surface area contributed by atoms with Crippen LogP contribution in [0.15, 0.2) is 29.4 Å². The Labute approximate surface area is 91.4 Å². The molecule has 0 radical (unpaired) electrons. The highest BCUT2D eigenvalue weighted by Crippen LogP contribution is 2.25. The number of hydrogen-bond donors (Lipinski definition) is 1. The minimum atomic E-state index is -0.0901. The molecule has 1 aliphatic heterocycles. The minimum absolute atomic E-state index is 0.0901. The lowest BCUT2D eigenvalue weighted by Gasteiger charge is -2.15.